The van der Waals surface area contributed by atoms with Crippen LogP contribution in [0.15, 0.2) is 30.3 Å². The topological polar surface area (TPSA) is 90.7 Å². The largest absolute Gasteiger partial charge is 0.450 e. The van der Waals surface area contributed by atoms with E-state index in [9.17, 15) is 9.59 Å². The molecule has 0 bridgehead atoms. The number of amides is 2. The number of carbonyl (C=O) groups excluding carboxylic acids is 2. The van der Waals surface area contributed by atoms with Crippen LogP contribution < -0.4 is 11.1 Å². The number of hydrogen-bond donors (Lipinski definition) is 2. The van der Waals surface area contributed by atoms with Gasteiger partial charge in [0.25, 0.3) is 0 Å². The first-order valence-corrected chi connectivity index (χ1v) is 6.74. The summed E-state index contributed by atoms with van der Waals surface area (Å²) in [5, 5.41) is 2.77. The zero-order chi connectivity index (χ0) is 15.9. The van der Waals surface area contributed by atoms with Crippen molar-refractivity contribution in [1.29, 1.82) is 0 Å². The van der Waals surface area contributed by atoms with Crippen molar-refractivity contribution >= 4 is 12.2 Å². The molecule has 1 aromatic carbocycles. The summed E-state index contributed by atoms with van der Waals surface area (Å²) in [6.07, 6.45) is -0.943. The van der Waals surface area contributed by atoms with Gasteiger partial charge in [0.1, 0.15) is 5.60 Å². The van der Waals surface area contributed by atoms with E-state index in [1.54, 1.807) is 20.8 Å². The number of nitrogens with one attached hydrogen (secondary N) is 1. The molecular formula is C15H22N2O4. The summed E-state index contributed by atoms with van der Waals surface area (Å²) < 4.78 is 9.96. The second-order valence-electron chi connectivity index (χ2n) is 5.57. The molecule has 2 amide bonds. The van der Waals surface area contributed by atoms with Crippen LogP contribution in [0.3, 0.4) is 0 Å². The summed E-state index contributed by atoms with van der Waals surface area (Å²) in [5.41, 5.74) is 5.25. The molecule has 116 valence electrons. The molecular weight excluding hydrogens is 272 g/mol. The van der Waals surface area contributed by atoms with Crippen LogP contribution in [0.25, 0.3) is 0 Å². The van der Waals surface area contributed by atoms with Gasteiger partial charge in [0.2, 0.25) is 0 Å². The van der Waals surface area contributed by atoms with Crippen LogP contribution >= 0.6 is 0 Å². The van der Waals surface area contributed by atoms with Gasteiger partial charge in [-0.1, -0.05) is 30.3 Å². The SMILES string of the molecule is CC(C)(C)OC(=O)N[C@@H](CCOC(N)=O)c1ccccc1. The molecule has 6 heteroatoms. The second kappa shape index (κ2) is 7.52. The molecule has 1 atom stereocenters. The van der Waals surface area contributed by atoms with Gasteiger partial charge < -0.3 is 20.5 Å². The number of alkyl carbamates (subject to hydrolysis) is 1. The highest BCUT2D eigenvalue weighted by atomic mass is 16.6. The minimum Gasteiger partial charge on any atom is -0.450 e. The van der Waals surface area contributed by atoms with E-state index in [-0.39, 0.29) is 12.6 Å². The third-order valence-electron chi connectivity index (χ3n) is 2.54. The molecule has 0 unspecified atom stereocenters. The Balaban J connectivity index is 2.68. The molecule has 21 heavy (non-hydrogen) atoms. The van der Waals surface area contributed by atoms with Gasteiger partial charge in [-0.25, -0.2) is 9.59 Å². The van der Waals surface area contributed by atoms with Gasteiger partial charge in [0, 0.05) is 6.42 Å². The normalized spacial score (nSPS) is 12.3. The second-order valence-corrected chi connectivity index (χ2v) is 5.57. The maximum atomic E-state index is 11.9. The van der Waals surface area contributed by atoms with Crippen molar-refractivity contribution in [3.05, 3.63) is 35.9 Å². The zero-order valence-corrected chi connectivity index (χ0v) is 12.6. The van der Waals surface area contributed by atoms with E-state index in [0.717, 1.165) is 5.56 Å². The standard InChI is InChI=1S/C15H22N2O4/c1-15(2,3)21-14(19)17-12(9-10-20-13(16)18)11-7-5-4-6-8-11/h4-8,12H,9-10H2,1-3H3,(H2,16,18)(H,17,19)/t12-/m0/s1. The number of ether oxygens (including phenoxy) is 2. The van der Waals surface area contributed by atoms with Crippen LogP contribution in [-0.2, 0) is 9.47 Å². The Bertz CT molecular complexity index is 468. The average molecular weight is 294 g/mol. The lowest BCUT2D eigenvalue weighted by Crippen LogP contribution is -2.35. The number of benzene rings is 1. The number of nitrogens with two attached hydrogens (primary N) is 1. The molecule has 6 nitrogen and oxygen atoms in total. The molecule has 0 aliphatic carbocycles. The fourth-order valence-electron chi connectivity index (χ4n) is 1.73. The van der Waals surface area contributed by atoms with Gasteiger partial charge in [0.05, 0.1) is 12.6 Å². The van der Waals surface area contributed by atoms with Crippen molar-refractivity contribution in [2.45, 2.75) is 38.8 Å². The van der Waals surface area contributed by atoms with Gasteiger partial charge in [-0.05, 0) is 26.3 Å². The predicted molar refractivity (Wildman–Crippen MR) is 78.7 cm³/mol. The lowest BCUT2D eigenvalue weighted by atomic mass is 10.0. The molecule has 0 spiro atoms. The molecule has 0 aliphatic heterocycles. The summed E-state index contributed by atoms with van der Waals surface area (Å²) >= 11 is 0. The van der Waals surface area contributed by atoms with Gasteiger partial charge in [-0.15, -0.1) is 0 Å². The summed E-state index contributed by atoms with van der Waals surface area (Å²) in [6, 6.07) is 9.06. The number of rotatable bonds is 5. The Hall–Kier alpha value is -2.24. The fourth-order valence-corrected chi connectivity index (χ4v) is 1.73. The number of primary amides is 1. The molecule has 0 aromatic heterocycles. The van der Waals surface area contributed by atoms with Crippen molar-refractivity contribution in [3.63, 3.8) is 0 Å². The Labute approximate surface area is 124 Å². The Morgan fingerprint density at radius 2 is 1.86 bits per heavy atom. The van der Waals surface area contributed by atoms with Crippen LogP contribution in [-0.4, -0.2) is 24.4 Å². The Morgan fingerprint density at radius 3 is 2.38 bits per heavy atom. The van der Waals surface area contributed by atoms with Crippen LogP contribution in [0.2, 0.25) is 0 Å². The molecule has 0 saturated carbocycles. The molecule has 0 radical (unpaired) electrons. The monoisotopic (exact) mass is 294 g/mol. The van der Waals surface area contributed by atoms with E-state index >= 15 is 0 Å². The van der Waals surface area contributed by atoms with Crippen molar-refractivity contribution in [1.82, 2.24) is 5.32 Å². The van der Waals surface area contributed by atoms with Crippen molar-refractivity contribution in [2.24, 2.45) is 5.73 Å². The lowest BCUT2D eigenvalue weighted by Gasteiger charge is -2.23. The molecule has 0 heterocycles. The molecule has 0 aliphatic rings. The first kappa shape index (κ1) is 16.8. The maximum Gasteiger partial charge on any atom is 0.408 e. The van der Waals surface area contributed by atoms with Crippen LogP contribution in [0, 0.1) is 0 Å². The highest BCUT2D eigenvalue weighted by Gasteiger charge is 2.20. The van der Waals surface area contributed by atoms with E-state index in [1.165, 1.54) is 0 Å². The Kier molecular flexibility index (Phi) is 6.02. The molecule has 1 aromatic rings. The fraction of sp³-hybridized carbons (Fsp3) is 0.467. The van der Waals surface area contributed by atoms with E-state index in [1.807, 2.05) is 30.3 Å². The zero-order valence-electron chi connectivity index (χ0n) is 12.6. The minimum atomic E-state index is -0.834. The highest BCUT2D eigenvalue weighted by molar-refractivity contribution is 5.68. The Morgan fingerprint density at radius 1 is 1.24 bits per heavy atom. The van der Waals surface area contributed by atoms with E-state index < -0.39 is 17.8 Å². The smallest absolute Gasteiger partial charge is 0.408 e. The molecule has 0 saturated heterocycles. The summed E-state index contributed by atoms with van der Waals surface area (Å²) in [4.78, 5) is 22.5. The first-order chi connectivity index (χ1) is 9.78. The van der Waals surface area contributed by atoms with Crippen LogP contribution in [0.4, 0.5) is 9.59 Å². The van der Waals surface area contributed by atoms with Crippen LogP contribution in [0.5, 0.6) is 0 Å². The first-order valence-electron chi connectivity index (χ1n) is 6.74. The lowest BCUT2D eigenvalue weighted by molar-refractivity contribution is 0.0495. The van der Waals surface area contributed by atoms with Crippen molar-refractivity contribution in [3.8, 4) is 0 Å². The molecule has 0 fully saturated rings. The minimum absolute atomic E-state index is 0.116. The molecule has 1 rings (SSSR count). The number of hydrogen-bond acceptors (Lipinski definition) is 4. The van der Waals surface area contributed by atoms with Crippen molar-refractivity contribution < 1.29 is 19.1 Å². The highest BCUT2D eigenvalue weighted by Crippen LogP contribution is 2.18. The van der Waals surface area contributed by atoms with E-state index in [4.69, 9.17) is 15.2 Å². The van der Waals surface area contributed by atoms with Gasteiger partial charge >= 0.3 is 12.2 Å². The van der Waals surface area contributed by atoms with Gasteiger partial charge in [-0.2, -0.15) is 0 Å². The number of carbonyl (C=O) groups is 2. The van der Waals surface area contributed by atoms with E-state index in [2.05, 4.69) is 5.32 Å². The summed E-state index contributed by atoms with van der Waals surface area (Å²) in [7, 11) is 0. The summed E-state index contributed by atoms with van der Waals surface area (Å²) in [5.74, 6) is 0. The van der Waals surface area contributed by atoms with Crippen LogP contribution in [0.1, 0.15) is 38.8 Å². The average Bonchev–Trinajstić information content (AvgIpc) is 2.36. The third-order valence-corrected chi connectivity index (χ3v) is 2.54. The molecule has 3 N–H and O–H groups in total. The van der Waals surface area contributed by atoms with E-state index in [0.29, 0.717) is 6.42 Å². The van der Waals surface area contributed by atoms with Gasteiger partial charge in [-0.3, -0.25) is 0 Å². The summed E-state index contributed by atoms with van der Waals surface area (Å²) in [6.45, 7) is 5.49. The van der Waals surface area contributed by atoms with Crippen molar-refractivity contribution in [2.75, 3.05) is 6.61 Å². The quantitative estimate of drug-likeness (QED) is 0.873. The van der Waals surface area contributed by atoms with Gasteiger partial charge in [0.15, 0.2) is 0 Å². The predicted octanol–water partition coefficient (Wildman–Crippen LogP) is 2.74. The third kappa shape index (κ3) is 7.20. The maximum absolute atomic E-state index is 11.9.